The molecule has 1 rings (SSSR count). The molecule has 0 fully saturated rings. The number of carbonyl (C=O) groups is 2. The molecule has 2 N–H and O–H groups in total. The minimum atomic E-state index is -1.32. The lowest BCUT2D eigenvalue weighted by Crippen LogP contribution is -2.17. The Morgan fingerprint density at radius 3 is 2.83 bits per heavy atom. The van der Waals surface area contributed by atoms with Crippen LogP contribution >= 0.6 is 27.5 Å². The monoisotopic (exact) mass is 332 g/mol. The molecule has 0 aliphatic heterocycles. The molecular formula is C11H10BrClN2O3. The molecular weight excluding hydrogens is 323 g/mol. The minimum absolute atomic E-state index is 0.0353. The van der Waals surface area contributed by atoms with Crippen LogP contribution in [0.3, 0.4) is 0 Å². The first-order valence-corrected chi connectivity index (χ1v) is 6.17. The Morgan fingerprint density at radius 1 is 1.61 bits per heavy atom. The van der Waals surface area contributed by atoms with Gasteiger partial charge in [-0.25, -0.2) is 9.78 Å². The van der Waals surface area contributed by atoms with Crippen LogP contribution in [0.2, 0.25) is 5.15 Å². The highest BCUT2D eigenvalue weighted by atomic mass is 79.9. The highest BCUT2D eigenvalue weighted by Crippen LogP contribution is 2.21. The predicted octanol–water partition coefficient (Wildman–Crippen LogP) is 2.26. The molecule has 0 saturated carbocycles. The van der Waals surface area contributed by atoms with Crippen molar-refractivity contribution in [3.8, 4) is 0 Å². The summed E-state index contributed by atoms with van der Waals surface area (Å²) in [6.07, 6.45) is 2.58. The number of hydrogen-bond acceptors (Lipinski definition) is 4. The number of aliphatic carboxylic acids is 1. The highest BCUT2D eigenvalue weighted by molar-refractivity contribution is 9.10. The largest absolute Gasteiger partial charge is 0.477 e. The van der Waals surface area contributed by atoms with Gasteiger partial charge in [0, 0.05) is 23.4 Å². The first kappa shape index (κ1) is 14.7. The van der Waals surface area contributed by atoms with Crippen LogP contribution in [-0.4, -0.2) is 28.4 Å². The van der Waals surface area contributed by atoms with E-state index in [1.54, 1.807) is 6.92 Å². The molecule has 0 unspecified atom stereocenters. The summed E-state index contributed by atoms with van der Waals surface area (Å²) in [5.74, 6) is -2.01. The number of rotatable bonds is 5. The smallest absolute Gasteiger partial charge is 0.341 e. The Bertz CT molecular complexity index is 517. The molecule has 0 spiro atoms. The Kier molecular flexibility index (Phi) is 5.30. The van der Waals surface area contributed by atoms with E-state index in [4.69, 9.17) is 16.7 Å². The van der Waals surface area contributed by atoms with Crippen molar-refractivity contribution in [3.05, 3.63) is 39.2 Å². The summed E-state index contributed by atoms with van der Waals surface area (Å²) in [7, 11) is 0. The molecule has 0 aromatic carbocycles. The summed E-state index contributed by atoms with van der Waals surface area (Å²) in [5.41, 5.74) is -0.351. The van der Waals surface area contributed by atoms with E-state index in [1.165, 1.54) is 12.3 Å². The van der Waals surface area contributed by atoms with E-state index in [9.17, 15) is 9.59 Å². The normalized spacial score (nSPS) is 11.2. The Morgan fingerprint density at radius 2 is 2.28 bits per heavy atom. The van der Waals surface area contributed by atoms with E-state index in [0.717, 1.165) is 6.20 Å². The van der Waals surface area contributed by atoms with Gasteiger partial charge in [0.2, 0.25) is 5.78 Å². The topological polar surface area (TPSA) is 79.3 Å². The van der Waals surface area contributed by atoms with Crippen molar-refractivity contribution in [2.45, 2.75) is 6.92 Å². The standard InChI is InChI=1S/C11H10BrClN2O3/c1-2-14-5-8(11(17)18)9(16)7-3-6(12)4-15-10(7)13/h3-5,14H,2H2,1H3,(H,17,18)/b8-5-. The SMILES string of the molecule is CCN/C=C(\C(=O)O)C(=O)c1cc(Br)cnc1Cl. The van der Waals surface area contributed by atoms with Gasteiger partial charge in [-0.1, -0.05) is 11.6 Å². The van der Waals surface area contributed by atoms with Crippen LogP contribution in [0.5, 0.6) is 0 Å². The van der Waals surface area contributed by atoms with Crippen LogP contribution in [0.1, 0.15) is 17.3 Å². The third kappa shape index (κ3) is 3.54. The summed E-state index contributed by atoms with van der Waals surface area (Å²) in [5, 5.41) is 11.6. The third-order valence-corrected chi connectivity index (χ3v) is 2.71. The molecule has 0 aliphatic carbocycles. The lowest BCUT2D eigenvalue weighted by molar-refractivity contribution is -0.132. The number of carboxylic acid groups (broad SMARTS) is 1. The summed E-state index contributed by atoms with van der Waals surface area (Å²) >= 11 is 8.93. The van der Waals surface area contributed by atoms with Crippen molar-refractivity contribution >= 4 is 39.3 Å². The molecule has 0 atom stereocenters. The van der Waals surface area contributed by atoms with Gasteiger partial charge in [-0.15, -0.1) is 0 Å². The first-order chi connectivity index (χ1) is 8.47. The van der Waals surface area contributed by atoms with Crippen LogP contribution in [0.4, 0.5) is 0 Å². The fraction of sp³-hybridized carbons (Fsp3) is 0.182. The van der Waals surface area contributed by atoms with Gasteiger partial charge in [0.1, 0.15) is 10.7 Å². The maximum absolute atomic E-state index is 12.0. The van der Waals surface area contributed by atoms with Gasteiger partial charge in [0.15, 0.2) is 0 Å². The number of aromatic nitrogens is 1. The fourth-order valence-corrected chi connectivity index (χ4v) is 1.68. The van der Waals surface area contributed by atoms with Crippen molar-refractivity contribution in [3.63, 3.8) is 0 Å². The molecule has 0 bridgehead atoms. The molecule has 0 aliphatic rings. The molecule has 18 heavy (non-hydrogen) atoms. The lowest BCUT2D eigenvalue weighted by atomic mass is 10.1. The van der Waals surface area contributed by atoms with Gasteiger partial charge in [-0.3, -0.25) is 4.79 Å². The van der Waals surface area contributed by atoms with Crippen LogP contribution in [0.25, 0.3) is 0 Å². The van der Waals surface area contributed by atoms with Gasteiger partial charge < -0.3 is 10.4 Å². The van der Waals surface area contributed by atoms with E-state index < -0.39 is 17.3 Å². The quantitative estimate of drug-likeness (QED) is 0.284. The minimum Gasteiger partial charge on any atom is -0.477 e. The highest BCUT2D eigenvalue weighted by Gasteiger charge is 2.22. The average molecular weight is 334 g/mol. The Balaban J connectivity index is 3.18. The van der Waals surface area contributed by atoms with Crippen molar-refractivity contribution < 1.29 is 14.7 Å². The number of nitrogens with one attached hydrogen (secondary N) is 1. The lowest BCUT2D eigenvalue weighted by Gasteiger charge is -2.05. The van der Waals surface area contributed by atoms with Gasteiger partial charge in [-0.2, -0.15) is 0 Å². The van der Waals surface area contributed by atoms with Gasteiger partial charge in [-0.05, 0) is 28.9 Å². The van der Waals surface area contributed by atoms with Crippen LogP contribution in [0.15, 0.2) is 28.5 Å². The molecule has 1 aromatic rings. The van der Waals surface area contributed by atoms with Gasteiger partial charge in [0.25, 0.3) is 0 Å². The number of halogens is 2. The molecule has 7 heteroatoms. The maximum Gasteiger partial charge on any atom is 0.341 e. The molecule has 1 aromatic heterocycles. The summed E-state index contributed by atoms with van der Waals surface area (Å²) in [6, 6.07) is 1.43. The molecule has 0 amide bonds. The van der Waals surface area contributed by atoms with Crippen LogP contribution in [0, 0.1) is 0 Å². The van der Waals surface area contributed by atoms with E-state index >= 15 is 0 Å². The summed E-state index contributed by atoms with van der Waals surface area (Å²) in [4.78, 5) is 26.8. The second kappa shape index (κ2) is 6.51. The summed E-state index contributed by atoms with van der Waals surface area (Å²) < 4.78 is 0.545. The van der Waals surface area contributed by atoms with E-state index in [1.807, 2.05) is 0 Å². The number of Topliss-reactive ketones (excluding diaryl/α,β-unsaturated/α-hetero) is 1. The van der Waals surface area contributed by atoms with Crippen molar-refractivity contribution in [1.29, 1.82) is 0 Å². The zero-order chi connectivity index (χ0) is 13.7. The number of hydrogen-bond donors (Lipinski definition) is 2. The molecule has 0 saturated heterocycles. The molecule has 96 valence electrons. The van der Waals surface area contributed by atoms with Crippen molar-refractivity contribution in [2.75, 3.05) is 6.54 Å². The van der Waals surface area contributed by atoms with Gasteiger partial charge in [0.05, 0.1) is 5.56 Å². The van der Waals surface area contributed by atoms with Crippen LogP contribution < -0.4 is 5.32 Å². The van der Waals surface area contributed by atoms with E-state index in [2.05, 4.69) is 26.2 Å². The molecule has 0 radical (unpaired) electrons. The van der Waals surface area contributed by atoms with Crippen LogP contribution in [-0.2, 0) is 4.79 Å². The Hall–Kier alpha value is -1.40. The zero-order valence-electron chi connectivity index (χ0n) is 9.41. The molecule has 5 nitrogen and oxygen atoms in total. The average Bonchev–Trinajstić information content (AvgIpc) is 2.32. The predicted molar refractivity (Wildman–Crippen MR) is 70.7 cm³/mol. The number of carbonyl (C=O) groups excluding carboxylic acids is 1. The second-order valence-corrected chi connectivity index (χ2v) is 4.52. The number of pyridine rings is 1. The number of ketones is 1. The Labute approximate surface area is 117 Å². The zero-order valence-corrected chi connectivity index (χ0v) is 11.7. The third-order valence-electron chi connectivity index (χ3n) is 1.98. The number of carboxylic acids is 1. The summed E-state index contributed by atoms with van der Waals surface area (Å²) in [6.45, 7) is 2.29. The molecule has 1 heterocycles. The van der Waals surface area contributed by atoms with E-state index in [0.29, 0.717) is 11.0 Å². The van der Waals surface area contributed by atoms with Crippen molar-refractivity contribution in [1.82, 2.24) is 10.3 Å². The fourth-order valence-electron chi connectivity index (χ4n) is 1.16. The van der Waals surface area contributed by atoms with Gasteiger partial charge >= 0.3 is 5.97 Å². The van der Waals surface area contributed by atoms with E-state index in [-0.39, 0.29) is 10.7 Å². The van der Waals surface area contributed by atoms with Crippen molar-refractivity contribution in [2.24, 2.45) is 0 Å². The maximum atomic E-state index is 12.0. The first-order valence-electron chi connectivity index (χ1n) is 5.00. The number of nitrogens with zero attached hydrogens (tertiary/aromatic N) is 1. The second-order valence-electron chi connectivity index (χ2n) is 3.24.